The molecule has 0 fully saturated rings. The summed E-state index contributed by atoms with van der Waals surface area (Å²) >= 11 is 0. The fourth-order valence-corrected chi connectivity index (χ4v) is 3.02. The predicted octanol–water partition coefficient (Wildman–Crippen LogP) is 3.95. The van der Waals surface area contributed by atoms with Gasteiger partial charge in [0.15, 0.2) is 0 Å². The molecular weight excluding hydrogens is 477 g/mol. The Labute approximate surface area is 204 Å². The molecule has 0 saturated carbocycles. The third-order valence-electron chi connectivity index (χ3n) is 4.86. The van der Waals surface area contributed by atoms with Crippen LogP contribution >= 0.6 is 0 Å². The lowest BCUT2D eigenvalue weighted by atomic mass is 10.1. The predicted molar refractivity (Wildman–Crippen MR) is 127 cm³/mol. The number of benzene rings is 2. The van der Waals surface area contributed by atoms with Crippen molar-refractivity contribution in [1.82, 2.24) is 10.3 Å². The summed E-state index contributed by atoms with van der Waals surface area (Å²) in [5.41, 5.74) is 7.82. The highest BCUT2D eigenvalue weighted by Crippen LogP contribution is 2.26. The zero-order valence-electron chi connectivity index (χ0n) is 18.9. The van der Waals surface area contributed by atoms with E-state index in [0.717, 1.165) is 17.2 Å². The highest BCUT2D eigenvalue weighted by molar-refractivity contribution is 5.96. The van der Waals surface area contributed by atoms with E-state index in [1.54, 1.807) is 36.5 Å². The van der Waals surface area contributed by atoms with Gasteiger partial charge in [0, 0.05) is 41.1 Å². The van der Waals surface area contributed by atoms with Crippen LogP contribution in [0, 0.1) is 5.41 Å². The van der Waals surface area contributed by atoms with E-state index in [-0.39, 0.29) is 35.2 Å². The summed E-state index contributed by atoms with van der Waals surface area (Å²) in [4.78, 5) is 27.8. The fourth-order valence-electron chi connectivity index (χ4n) is 3.02. The fraction of sp³-hybridized carbons (Fsp3) is 0.120. The van der Waals surface area contributed by atoms with E-state index in [4.69, 9.17) is 15.9 Å². The Morgan fingerprint density at radius 2 is 1.72 bits per heavy atom. The summed E-state index contributed by atoms with van der Waals surface area (Å²) in [6.07, 6.45) is -0.710. The number of nitrogens with two attached hydrogens (primary N) is 1. The molecule has 3 aromatic rings. The molecule has 0 aliphatic rings. The first-order valence-electron chi connectivity index (χ1n) is 10.4. The number of ether oxygens (including phenoxy) is 2. The lowest BCUT2D eigenvalue weighted by Gasteiger charge is -2.11. The van der Waals surface area contributed by atoms with Gasteiger partial charge in [0.2, 0.25) is 5.88 Å². The first-order chi connectivity index (χ1) is 17.1. The van der Waals surface area contributed by atoms with Crippen molar-refractivity contribution >= 4 is 23.8 Å². The molecule has 11 heteroatoms. The van der Waals surface area contributed by atoms with Crippen molar-refractivity contribution in [3.05, 3.63) is 83.6 Å². The van der Waals surface area contributed by atoms with Gasteiger partial charge in [-0.25, -0.2) is 9.78 Å². The SMILES string of the molecule is COc1ccc(-c2ccc(C(=O)NCC=Cc3cc(C(=N)N)ccc3OC(=O)C(F)(F)F)cc2)cn1. The molecule has 0 aliphatic carbocycles. The largest absolute Gasteiger partial charge is 0.491 e. The van der Waals surface area contributed by atoms with Crippen LogP contribution < -0.4 is 20.5 Å². The second-order valence-corrected chi connectivity index (χ2v) is 7.33. The van der Waals surface area contributed by atoms with Crippen LogP contribution in [0.15, 0.2) is 66.9 Å². The second-order valence-electron chi connectivity index (χ2n) is 7.33. The molecule has 0 saturated heterocycles. The number of hydrogen-bond donors (Lipinski definition) is 3. The summed E-state index contributed by atoms with van der Waals surface area (Å²) in [5, 5.41) is 10.2. The van der Waals surface area contributed by atoms with Gasteiger partial charge < -0.3 is 20.5 Å². The van der Waals surface area contributed by atoms with Crippen LogP contribution in [0.25, 0.3) is 17.2 Å². The number of aromatic nitrogens is 1. The summed E-state index contributed by atoms with van der Waals surface area (Å²) < 4.78 is 47.2. The van der Waals surface area contributed by atoms with E-state index in [1.807, 2.05) is 6.07 Å². The maximum atomic E-state index is 12.6. The van der Waals surface area contributed by atoms with Gasteiger partial charge in [-0.1, -0.05) is 24.3 Å². The van der Waals surface area contributed by atoms with Crippen LogP contribution in [0.2, 0.25) is 0 Å². The topological polar surface area (TPSA) is 127 Å². The molecule has 0 unspecified atom stereocenters. The number of amidine groups is 1. The number of amides is 1. The van der Waals surface area contributed by atoms with Gasteiger partial charge in [0.1, 0.15) is 11.6 Å². The molecule has 0 bridgehead atoms. The number of nitrogens with zero attached hydrogens (tertiary/aromatic N) is 1. The molecule has 2 aromatic carbocycles. The molecular formula is C25H21F3N4O4. The van der Waals surface area contributed by atoms with Crippen LogP contribution in [0.1, 0.15) is 21.5 Å². The first kappa shape index (κ1) is 25.9. The molecule has 186 valence electrons. The zero-order chi connectivity index (χ0) is 26.3. The average molecular weight is 498 g/mol. The van der Waals surface area contributed by atoms with Crippen LogP contribution in [0.3, 0.4) is 0 Å². The van der Waals surface area contributed by atoms with Gasteiger partial charge in [0.05, 0.1) is 7.11 Å². The van der Waals surface area contributed by atoms with Gasteiger partial charge in [-0.3, -0.25) is 10.2 Å². The number of methoxy groups -OCH3 is 1. The quantitative estimate of drug-likeness (QED) is 0.187. The molecule has 1 amide bonds. The highest BCUT2D eigenvalue weighted by Gasteiger charge is 2.41. The highest BCUT2D eigenvalue weighted by atomic mass is 19.4. The molecule has 1 aromatic heterocycles. The summed E-state index contributed by atoms with van der Waals surface area (Å²) in [6.45, 7) is 0.0277. The molecule has 3 rings (SSSR count). The van der Waals surface area contributed by atoms with Gasteiger partial charge in [0.25, 0.3) is 5.91 Å². The first-order valence-corrected chi connectivity index (χ1v) is 10.4. The van der Waals surface area contributed by atoms with Crippen molar-refractivity contribution in [2.45, 2.75) is 6.18 Å². The third-order valence-corrected chi connectivity index (χ3v) is 4.86. The zero-order valence-corrected chi connectivity index (χ0v) is 18.9. The minimum atomic E-state index is -5.17. The maximum absolute atomic E-state index is 12.6. The smallest absolute Gasteiger partial charge is 0.481 e. The molecule has 0 radical (unpaired) electrons. The summed E-state index contributed by atoms with van der Waals surface area (Å²) in [7, 11) is 1.52. The number of nitrogen functional groups attached to an aromatic ring is 1. The number of esters is 1. The molecule has 1 heterocycles. The van der Waals surface area contributed by atoms with E-state index in [9.17, 15) is 22.8 Å². The Balaban J connectivity index is 1.66. The summed E-state index contributed by atoms with van der Waals surface area (Å²) in [5.74, 6) is -2.95. The van der Waals surface area contributed by atoms with Crippen molar-refractivity contribution in [2.24, 2.45) is 5.73 Å². The second kappa shape index (κ2) is 11.2. The number of carbonyl (C=O) groups is 2. The Morgan fingerprint density at radius 3 is 2.31 bits per heavy atom. The number of alkyl halides is 3. The van der Waals surface area contributed by atoms with Crippen LogP contribution in [-0.2, 0) is 4.79 Å². The number of hydrogen-bond acceptors (Lipinski definition) is 6. The minimum Gasteiger partial charge on any atom is -0.481 e. The van der Waals surface area contributed by atoms with Gasteiger partial charge >= 0.3 is 12.1 Å². The molecule has 0 spiro atoms. The molecule has 36 heavy (non-hydrogen) atoms. The van der Waals surface area contributed by atoms with E-state index in [2.05, 4.69) is 15.0 Å². The Bertz CT molecular complexity index is 1290. The normalized spacial score (nSPS) is 11.2. The standard InChI is InChI=1S/C25H21F3N4O4/c1-35-21-11-9-19(14-32-21)15-4-6-16(7-5-15)23(33)31-12-2-3-17-13-18(22(29)30)8-10-20(17)36-24(34)25(26,27)28/h2-11,13-14H,12H2,1H3,(H3,29,30)(H,31,33). The van der Waals surface area contributed by atoms with Crippen molar-refractivity contribution in [3.8, 4) is 22.8 Å². The maximum Gasteiger partial charge on any atom is 0.491 e. The lowest BCUT2D eigenvalue weighted by molar-refractivity contribution is -0.189. The number of rotatable bonds is 8. The molecule has 0 atom stereocenters. The van der Waals surface area contributed by atoms with Crippen molar-refractivity contribution in [1.29, 1.82) is 5.41 Å². The van der Waals surface area contributed by atoms with Gasteiger partial charge in [-0.15, -0.1) is 0 Å². The number of pyridine rings is 1. The van der Waals surface area contributed by atoms with Crippen molar-refractivity contribution < 1.29 is 32.2 Å². The Kier molecular flexibility index (Phi) is 8.05. The van der Waals surface area contributed by atoms with Gasteiger partial charge in [-0.2, -0.15) is 13.2 Å². The number of carbonyl (C=O) groups excluding carboxylic acids is 2. The number of halogens is 3. The Hall–Kier alpha value is -4.67. The Morgan fingerprint density at radius 1 is 1.06 bits per heavy atom. The van der Waals surface area contributed by atoms with E-state index >= 15 is 0 Å². The molecule has 4 N–H and O–H groups in total. The van der Waals surface area contributed by atoms with E-state index < -0.39 is 12.1 Å². The molecule has 8 nitrogen and oxygen atoms in total. The van der Waals surface area contributed by atoms with E-state index in [1.165, 1.54) is 31.4 Å². The van der Waals surface area contributed by atoms with Crippen molar-refractivity contribution in [3.63, 3.8) is 0 Å². The summed E-state index contributed by atoms with van der Waals surface area (Å²) in [6, 6.07) is 14.0. The van der Waals surface area contributed by atoms with Gasteiger partial charge in [-0.05, 0) is 42.0 Å². The van der Waals surface area contributed by atoms with Crippen molar-refractivity contribution in [2.75, 3.05) is 13.7 Å². The van der Waals surface area contributed by atoms with Crippen LogP contribution in [0.4, 0.5) is 13.2 Å². The molecule has 0 aliphatic heterocycles. The van der Waals surface area contributed by atoms with E-state index in [0.29, 0.717) is 11.4 Å². The third kappa shape index (κ3) is 6.69. The number of nitrogens with one attached hydrogen (secondary N) is 2. The average Bonchev–Trinajstić information content (AvgIpc) is 2.86. The minimum absolute atomic E-state index is 0.0277. The van der Waals surface area contributed by atoms with Crippen LogP contribution in [-0.4, -0.2) is 42.5 Å². The monoisotopic (exact) mass is 498 g/mol. The lowest BCUT2D eigenvalue weighted by Crippen LogP contribution is -2.28. The van der Waals surface area contributed by atoms with Crippen LogP contribution in [0.5, 0.6) is 11.6 Å².